The minimum Gasteiger partial charge on any atom is -0.375 e. The van der Waals surface area contributed by atoms with Crippen molar-refractivity contribution in [1.29, 1.82) is 0 Å². The van der Waals surface area contributed by atoms with Crippen LogP contribution in [0.3, 0.4) is 0 Å². The van der Waals surface area contributed by atoms with Crippen LogP contribution in [0.1, 0.15) is 20.3 Å². The summed E-state index contributed by atoms with van der Waals surface area (Å²) in [6.45, 7) is 4.30. The van der Waals surface area contributed by atoms with Crippen LogP contribution in [-0.4, -0.2) is 5.50 Å². The molecule has 1 rings (SSSR count). The van der Waals surface area contributed by atoms with E-state index in [1.807, 2.05) is 6.20 Å². The van der Waals surface area contributed by atoms with Gasteiger partial charge in [0, 0.05) is 5.92 Å². The van der Waals surface area contributed by atoms with Crippen LogP contribution < -0.4 is 5.32 Å². The summed E-state index contributed by atoms with van der Waals surface area (Å²) in [4.78, 5) is 0. The van der Waals surface area contributed by atoms with Gasteiger partial charge in [-0.15, -0.1) is 0 Å². The molecule has 9 heavy (non-hydrogen) atoms. The van der Waals surface area contributed by atoms with E-state index in [0.717, 1.165) is 6.42 Å². The van der Waals surface area contributed by atoms with E-state index in [1.54, 1.807) is 0 Å². The maximum atomic E-state index is 5.87. The van der Waals surface area contributed by atoms with Crippen LogP contribution in [0, 0.1) is 5.92 Å². The molecule has 52 valence electrons. The van der Waals surface area contributed by atoms with Gasteiger partial charge in [0.2, 0.25) is 0 Å². The van der Waals surface area contributed by atoms with Crippen molar-refractivity contribution < 1.29 is 0 Å². The molecule has 0 saturated carbocycles. The molecule has 0 aromatic carbocycles. The van der Waals surface area contributed by atoms with E-state index in [9.17, 15) is 0 Å². The van der Waals surface area contributed by atoms with E-state index < -0.39 is 0 Å². The highest BCUT2D eigenvalue weighted by Crippen LogP contribution is 2.24. The fraction of sp³-hybridized carbons (Fsp3) is 0.714. The van der Waals surface area contributed by atoms with E-state index in [-0.39, 0.29) is 5.50 Å². The van der Waals surface area contributed by atoms with Gasteiger partial charge in [-0.1, -0.05) is 25.4 Å². The molecule has 0 radical (unpaired) electrons. The zero-order valence-electron chi connectivity index (χ0n) is 5.82. The molecule has 0 bridgehead atoms. The van der Waals surface area contributed by atoms with Gasteiger partial charge in [0.15, 0.2) is 0 Å². The number of hydrogen-bond donors (Lipinski definition) is 1. The molecular formula is C7H12ClN. The summed E-state index contributed by atoms with van der Waals surface area (Å²) < 4.78 is 0. The van der Waals surface area contributed by atoms with Gasteiger partial charge in [-0.25, -0.2) is 0 Å². The third-order valence-electron chi connectivity index (χ3n) is 1.86. The first-order valence-corrected chi connectivity index (χ1v) is 3.78. The normalized spacial score (nSPS) is 33.9. The summed E-state index contributed by atoms with van der Waals surface area (Å²) in [6.07, 6.45) is 3.14. The summed E-state index contributed by atoms with van der Waals surface area (Å²) in [7, 11) is 0. The Kier molecular flexibility index (Phi) is 2.01. The van der Waals surface area contributed by atoms with Crippen LogP contribution in [0.2, 0.25) is 0 Å². The maximum absolute atomic E-state index is 5.87. The molecule has 0 spiro atoms. The second-order valence-electron chi connectivity index (χ2n) is 2.43. The van der Waals surface area contributed by atoms with Crippen LogP contribution in [0.25, 0.3) is 0 Å². The molecule has 1 N–H and O–H groups in total. The second-order valence-corrected chi connectivity index (χ2v) is 2.90. The lowest BCUT2D eigenvalue weighted by Crippen LogP contribution is -2.18. The molecule has 1 heterocycles. The Labute approximate surface area is 61.1 Å². The molecule has 1 nitrogen and oxygen atoms in total. The fourth-order valence-corrected chi connectivity index (χ4v) is 1.30. The number of alkyl halides is 1. The fourth-order valence-electron chi connectivity index (χ4n) is 1.07. The minimum absolute atomic E-state index is 0.125. The molecule has 0 amide bonds. The summed E-state index contributed by atoms with van der Waals surface area (Å²) in [6, 6.07) is 0. The van der Waals surface area contributed by atoms with E-state index in [1.165, 1.54) is 5.57 Å². The molecule has 0 aromatic heterocycles. The van der Waals surface area contributed by atoms with Gasteiger partial charge in [0.05, 0.1) is 0 Å². The first-order valence-electron chi connectivity index (χ1n) is 3.34. The highest BCUT2D eigenvalue weighted by atomic mass is 35.5. The average molecular weight is 146 g/mol. The lowest BCUT2D eigenvalue weighted by Gasteiger charge is -2.09. The molecule has 0 aromatic rings. The Bertz CT molecular complexity index is 131. The van der Waals surface area contributed by atoms with Crippen molar-refractivity contribution in [2.24, 2.45) is 5.92 Å². The molecule has 1 aliphatic heterocycles. The zero-order valence-corrected chi connectivity index (χ0v) is 6.57. The lowest BCUT2D eigenvalue weighted by molar-refractivity contribution is 0.627. The largest absolute Gasteiger partial charge is 0.375 e. The third kappa shape index (κ3) is 1.21. The maximum Gasteiger partial charge on any atom is 0.107 e. The summed E-state index contributed by atoms with van der Waals surface area (Å²) >= 11 is 5.87. The van der Waals surface area contributed by atoms with Gasteiger partial charge >= 0.3 is 0 Å². The summed E-state index contributed by atoms with van der Waals surface area (Å²) in [5.74, 6) is 0.511. The Hall–Kier alpha value is -0.170. The van der Waals surface area contributed by atoms with Crippen molar-refractivity contribution in [3.8, 4) is 0 Å². The van der Waals surface area contributed by atoms with Gasteiger partial charge < -0.3 is 5.32 Å². The highest BCUT2D eigenvalue weighted by molar-refractivity contribution is 6.21. The molecule has 1 aliphatic rings. The SMILES string of the molecule is CCC1=CNC(Cl)C1C. The third-order valence-corrected chi connectivity index (χ3v) is 2.36. The monoisotopic (exact) mass is 145 g/mol. The topological polar surface area (TPSA) is 12.0 Å². The molecule has 0 aliphatic carbocycles. The molecule has 2 atom stereocenters. The Balaban J connectivity index is 2.55. The number of nitrogens with one attached hydrogen (secondary N) is 1. The first-order chi connectivity index (χ1) is 4.25. The van der Waals surface area contributed by atoms with E-state index in [4.69, 9.17) is 11.6 Å². The summed E-state index contributed by atoms with van der Waals surface area (Å²) in [5.41, 5.74) is 1.55. The van der Waals surface area contributed by atoms with Crippen molar-refractivity contribution in [2.45, 2.75) is 25.8 Å². The molecule has 0 saturated heterocycles. The zero-order chi connectivity index (χ0) is 6.85. The first kappa shape index (κ1) is 6.94. The second kappa shape index (κ2) is 2.61. The summed E-state index contributed by atoms with van der Waals surface area (Å²) in [5, 5.41) is 3.07. The van der Waals surface area contributed by atoms with Gasteiger partial charge in [-0.2, -0.15) is 0 Å². The van der Waals surface area contributed by atoms with Crippen LogP contribution in [0.15, 0.2) is 11.8 Å². The quantitative estimate of drug-likeness (QED) is 0.440. The Morgan fingerprint density at radius 1 is 1.78 bits per heavy atom. The van der Waals surface area contributed by atoms with Crippen molar-refractivity contribution in [1.82, 2.24) is 5.32 Å². The van der Waals surface area contributed by atoms with Crippen molar-refractivity contribution in [3.63, 3.8) is 0 Å². The average Bonchev–Trinajstić information content (AvgIpc) is 2.15. The van der Waals surface area contributed by atoms with E-state index in [0.29, 0.717) is 5.92 Å². The standard InChI is InChI=1S/C7H12ClN/c1-3-6-4-9-7(8)5(6)2/h4-5,7,9H,3H2,1-2H3. The lowest BCUT2D eigenvalue weighted by atomic mass is 10.0. The Morgan fingerprint density at radius 3 is 2.67 bits per heavy atom. The predicted octanol–water partition coefficient (Wildman–Crippen LogP) is 2.08. The van der Waals surface area contributed by atoms with Gasteiger partial charge in [-0.3, -0.25) is 0 Å². The van der Waals surface area contributed by atoms with Gasteiger partial charge in [0.1, 0.15) is 5.50 Å². The van der Waals surface area contributed by atoms with Crippen LogP contribution in [0.4, 0.5) is 0 Å². The molecule has 2 unspecified atom stereocenters. The van der Waals surface area contributed by atoms with Gasteiger partial charge in [0.25, 0.3) is 0 Å². The number of rotatable bonds is 1. The number of hydrogen-bond acceptors (Lipinski definition) is 1. The highest BCUT2D eigenvalue weighted by Gasteiger charge is 2.21. The smallest absolute Gasteiger partial charge is 0.107 e. The number of halogens is 1. The van der Waals surface area contributed by atoms with Crippen LogP contribution in [-0.2, 0) is 0 Å². The van der Waals surface area contributed by atoms with Crippen molar-refractivity contribution in [3.05, 3.63) is 11.8 Å². The van der Waals surface area contributed by atoms with E-state index >= 15 is 0 Å². The van der Waals surface area contributed by atoms with E-state index in [2.05, 4.69) is 19.2 Å². The van der Waals surface area contributed by atoms with Crippen molar-refractivity contribution >= 4 is 11.6 Å². The minimum atomic E-state index is 0.125. The molecule has 2 heteroatoms. The Morgan fingerprint density at radius 2 is 2.44 bits per heavy atom. The van der Waals surface area contributed by atoms with Crippen molar-refractivity contribution in [2.75, 3.05) is 0 Å². The molecular weight excluding hydrogens is 134 g/mol. The van der Waals surface area contributed by atoms with Crippen LogP contribution in [0.5, 0.6) is 0 Å². The van der Waals surface area contributed by atoms with Gasteiger partial charge in [-0.05, 0) is 18.2 Å². The van der Waals surface area contributed by atoms with Crippen LogP contribution >= 0.6 is 11.6 Å². The predicted molar refractivity (Wildman–Crippen MR) is 40.3 cm³/mol. The molecule has 0 fully saturated rings.